The van der Waals surface area contributed by atoms with E-state index in [9.17, 15) is 4.79 Å². The van der Waals surface area contributed by atoms with E-state index >= 15 is 0 Å². The van der Waals surface area contributed by atoms with E-state index in [0.717, 1.165) is 23.1 Å². The average Bonchev–Trinajstić information content (AvgIpc) is 2.79. The van der Waals surface area contributed by atoms with Crippen molar-refractivity contribution >= 4 is 21.8 Å². The smallest absolute Gasteiger partial charge is 0.224 e. The van der Waals surface area contributed by atoms with Gasteiger partial charge in [-0.05, 0) is 17.7 Å². The molecule has 5 heteroatoms. The molecule has 98 valence electrons. The van der Waals surface area contributed by atoms with Crippen LogP contribution in [0.15, 0.2) is 28.7 Å². The van der Waals surface area contributed by atoms with Crippen molar-refractivity contribution in [3.8, 4) is 0 Å². The summed E-state index contributed by atoms with van der Waals surface area (Å²) in [6.45, 7) is 1.56. The number of carbonyl (C=O) groups excluding carboxylic acids is 1. The lowest BCUT2D eigenvalue weighted by atomic mass is 10.1. The SMILES string of the molecule is CO[C@H]1CNCC1NC(=O)Cc1ccc(Br)cc1. The topological polar surface area (TPSA) is 50.4 Å². The number of nitrogens with one attached hydrogen (secondary N) is 2. The summed E-state index contributed by atoms with van der Waals surface area (Å²) in [4.78, 5) is 11.9. The molecular formula is C13H17BrN2O2. The molecule has 1 aromatic rings. The minimum absolute atomic E-state index is 0.0353. The summed E-state index contributed by atoms with van der Waals surface area (Å²) in [6, 6.07) is 7.85. The fraction of sp³-hybridized carbons (Fsp3) is 0.462. The molecule has 1 unspecified atom stereocenters. The van der Waals surface area contributed by atoms with Crippen molar-refractivity contribution in [1.82, 2.24) is 10.6 Å². The fourth-order valence-electron chi connectivity index (χ4n) is 2.09. The van der Waals surface area contributed by atoms with Crippen molar-refractivity contribution in [2.45, 2.75) is 18.6 Å². The van der Waals surface area contributed by atoms with Gasteiger partial charge < -0.3 is 15.4 Å². The summed E-state index contributed by atoms with van der Waals surface area (Å²) in [6.07, 6.45) is 0.471. The van der Waals surface area contributed by atoms with E-state index in [1.165, 1.54) is 0 Å². The first-order chi connectivity index (χ1) is 8.69. The molecule has 1 aliphatic rings. The highest BCUT2D eigenvalue weighted by molar-refractivity contribution is 9.10. The van der Waals surface area contributed by atoms with Crippen molar-refractivity contribution in [2.75, 3.05) is 20.2 Å². The second-order valence-electron chi connectivity index (χ2n) is 4.41. The van der Waals surface area contributed by atoms with Crippen molar-refractivity contribution in [3.63, 3.8) is 0 Å². The van der Waals surface area contributed by atoms with E-state index in [2.05, 4.69) is 26.6 Å². The summed E-state index contributed by atoms with van der Waals surface area (Å²) in [5, 5.41) is 6.21. The van der Waals surface area contributed by atoms with Crippen molar-refractivity contribution in [3.05, 3.63) is 34.3 Å². The minimum atomic E-state index is 0.0353. The van der Waals surface area contributed by atoms with Crippen LogP contribution >= 0.6 is 15.9 Å². The maximum Gasteiger partial charge on any atom is 0.224 e. The maximum absolute atomic E-state index is 11.9. The number of hydrogen-bond donors (Lipinski definition) is 2. The van der Waals surface area contributed by atoms with Crippen LogP contribution < -0.4 is 10.6 Å². The van der Waals surface area contributed by atoms with Crippen molar-refractivity contribution in [1.29, 1.82) is 0 Å². The lowest BCUT2D eigenvalue weighted by molar-refractivity contribution is -0.121. The first-order valence-corrected chi connectivity index (χ1v) is 6.75. The quantitative estimate of drug-likeness (QED) is 0.875. The van der Waals surface area contributed by atoms with E-state index in [1.807, 2.05) is 24.3 Å². The molecule has 0 bridgehead atoms. The van der Waals surface area contributed by atoms with E-state index in [1.54, 1.807) is 7.11 Å². The molecule has 1 saturated heterocycles. The molecular weight excluding hydrogens is 296 g/mol. The molecule has 0 radical (unpaired) electrons. The fourth-order valence-corrected chi connectivity index (χ4v) is 2.36. The third kappa shape index (κ3) is 3.54. The van der Waals surface area contributed by atoms with E-state index in [-0.39, 0.29) is 18.1 Å². The Bertz CT molecular complexity index is 408. The zero-order valence-electron chi connectivity index (χ0n) is 10.3. The van der Waals surface area contributed by atoms with Crippen LogP contribution in [0.4, 0.5) is 0 Å². The number of benzene rings is 1. The normalized spacial score (nSPS) is 23.0. The van der Waals surface area contributed by atoms with Gasteiger partial charge in [0.05, 0.1) is 18.6 Å². The molecule has 1 fully saturated rings. The van der Waals surface area contributed by atoms with Crippen LogP contribution in [0.2, 0.25) is 0 Å². The van der Waals surface area contributed by atoms with Gasteiger partial charge in [-0.2, -0.15) is 0 Å². The van der Waals surface area contributed by atoms with Crippen molar-refractivity contribution in [2.24, 2.45) is 0 Å². The first kappa shape index (κ1) is 13.5. The van der Waals surface area contributed by atoms with Gasteiger partial charge in [0, 0.05) is 24.7 Å². The highest BCUT2D eigenvalue weighted by atomic mass is 79.9. The Kier molecular flexibility index (Phi) is 4.74. The first-order valence-electron chi connectivity index (χ1n) is 5.96. The van der Waals surface area contributed by atoms with Crippen LogP contribution in [0.5, 0.6) is 0 Å². The molecule has 1 amide bonds. The zero-order valence-corrected chi connectivity index (χ0v) is 11.9. The number of hydrogen-bond acceptors (Lipinski definition) is 3. The lowest BCUT2D eigenvalue weighted by Crippen LogP contribution is -2.44. The van der Waals surface area contributed by atoms with Gasteiger partial charge in [0.2, 0.25) is 5.91 Å². The molecule has 2 rings (SSSR count). The number of rotatable bonds is 4. The van der Waals surface area contributed by atoms with E-state index < -0.39 is 0 Å². The van der Waals surface area contributed by atoms with Crippen LogP contribution in [0.25, 0.3) is 0 Å². The van der Waals surface area contributed by atoms with Crippen LogP contribution in [0.3, 0.4) is 0 Å². The summed E-state index contributed by atoms with van der Waals surface area (Å²) < 4.78 is 6.33. The Morgan fingerprint density at radius 3 is 2.83 bits per heavy atom. The summed E-state index contributed by atoms with van der Waals surface area (Å²) >= 11 is 3.37. The molecule has 1 aliphatic heterocycles. The number of halogens is 1. The molecule has 1 heterocycles. The third-order valence-corrected chi connectivity index (χ3v) is 3.61. The Balaban J connectivity index is 1.86. The maximum atomic E-state index is 11.9. The summed E-state index contributed by atoms with van der Waals surface area (Å²) in [5.41, 5.74) is 1.01. The zero-order chi connectivity index (χ0) is 13.0. The van der Waals surface area contributed by atoms with E-state index in [4.69, 9.17) is 4.74 Å². The Morgan fingerprint density at radius 2 is 2.17 bits per heavy atom. The lowest BCUT2D eigenvalue weighted by Gasteiger charge is -2.18. The van der Waals surface area contributed by atoms with Crippen LogP contribution in [-0.2, 0) is 16.0 Å². The standard InChI is InChI=1S/C13H17BrN2O2/c1-18-12-8-15-7-11(12)16-13(17)6-9-2-4-10(14)5-3-9/h2-5,11-12,15H,6-8H2,1H3,(H,16,17)/t11?,12-/m0/s1. The molecule has 0 spiro atoms. The monoisotopic (exact) mass is 312 g/mol. The molecule has 0 aliphatic carbocycles. The minimum Gasteiger partial charge on any atom is -0.378 e. The second kappa shape index (κ2) is 6.31. The largest absolute Gasteiger partial charge is 0.378 e. The van der Waals surface area contributed by atoms with Gasteiger partial charge in [-0.3, -0.25) is 4.79 Å². The summed E-state index contributed by atoms with van der Waals surface area (Å²) in [7, 11) is 1.67. The number of ether oxygens (including phenoxy) is 1. The average molecular weight is 313 g/mol. The van der Waals surface area contributed by atoms with Gasteiger partial charge in [0.25, 0.3) is 0 Å². The number of carbonyl (C=O) groups is 1. The predicted molar refractivity (Wildman–Crippen MR) is 73.4 cm³/mol. The van der Waals surface area contributed by atoms with Gasteiger partial charge in [0.1, 0.15) is 0 Å². The highest BCUT2D eigenvalue weighted by Crippen LogP contribution is 2.11. The Morgan fingerprint density at radius 1 is 1.44 bits per heavy atom. The third-order valence-electron chi connectivity index (χ3n) is 3.09. The van der Waals surface area contributed by atoms with E-state index in [0.29, 0.717) is 6.42 Å². The molecule has 1 aromatic carbocycles. The van der Waals surface area contributed by atoms with Gasteiger partial charge in [0.15, 0.2) is 0 Å². The van der Waals surface area contributed by atoms with Crippen LogP contribution in [0.1, 0.15) is 5.56 Å². The second-order valence-corrected chi connectivity index (χ2v) is 5.33. The van der Waals surface area contributed by atoms with Crippen LogP contribution in [-0.4, -0.2) is 38.3 Å². The van der Waals surface area contributed by atoms with Gasteiger partial charge in [-0.25, -0.2) is 0 Å². The highest BCUT2D eigenvalue weighted by Gasteiger charge is 2.27. The molecule has 18 heavy (non-hydrogen) atoms. The Hall–Kier alpha value is -0.910. The molecule has 0 saturated carbocycles. The molecule has 2 N–H and O–H groups in total. The Labute approximate surface area is 115 Å². The molecule has 0 aromatic heterocycles. The van der Waals surface area contributed by atoms with Gasteiger partial charge >= 0.3 is 0 Å². The number of amides is 1. The van der Waals surface area contributed by atoms with Gasteiger partial charge in [-0.15, -0.1) is 0 Å². The van der Waals surface area contributed by atoms with Gasteiger partial charge in [-0.1, -0.05) is 28.1 Å². The van der Waals surface area contributed by atoms with Crippen LogP contribution in [0, 0.1) is 0 Å². The predicted octanol–water partition coefficient (Wildman–Crippen LogP) is 1.09. The number of methoxy groups -OCH3 is 1. The molecule has 2 atom stereocenters. The summed E-state index contributed by atoms with van der Waals surface area (Å²) in [5.74, 6) is 0.0353. The molecule has 4 nitrogen and oxygen atoms in total. The van der Waals surface area contributed by atoms with Crippen molar-refractivity contribution < 1.29 is 9.53 Å².